The molecule has 0 unspecified atom stereocenters. The van der Waals surface area contributed by atoms with Gasteiger partial charge in [0.15, 0.2) is 5.78 Å². The first-order valence-corrected chi connectivity index (χ1v) is 8.27. The van der Waals surface area contributed by atoms with Crippen LogP contribution in [0.4, 0.5) is 0 Å². The van der Waals surface area contributed by atoms with Crippen molar-refractivity contribution in [3.05, 3.63) is 46.4 Å². The minimum atomic E-state index is 0.241. The van der Waals surface area contributed by atoms with E-state index >= 15 is 0 Å². The van der Waals surface area contributed by atoms with Crippen LogP contribution in [0, 0.1) is 5.92 Å². The summed E-state index contributed by atoms with van der Waals surface area (Å²) < 4.78 is 1.08. The lowest BCUT2D eigenvalue weighted by molar-refractivity contribution is 0.0908. The molecule has 1 aliphatic rings. The van der Waals surface area contributed by atoms with Crippen LogP contribution in [0.1, 0.15) is 48.9 Å². The van der Waals surface area contributed by atoms with Gasteiger partial charge in [0.1, 0.15) is 0 Å². The van der Waals surface area contributed by atoms with E-state index < -0.39 is 0 Å². The third kappa shape index (κ3) is 2.95. The van der Waals surface area contributed by atoms with E-state index in [1.54, 1.807) is 0 Å². The van der Waals surface area contributed by atoms with E-state index in [1.807, 2.05) is 12.1 Å². The Labute approximate surface area is 128 Å². The van der Waals surface area contributed by atoms with Crippen molar-refractivity contribution in [2.75, 3.05) is 0 Å². The molecule has 2 aromatic carbocycles. The molecule has 0 radical (unpaired) electrons. The van der Waals surface area contributed by atoms with Gasteiger partial charge in [0.25, 0.3) is 0 Å². The van der Waals surface area contributed by atoms with Crippen molar-refractivity contribution in [2.45, 2.75) is 38.5 Å². The number of benzene rings is 2. The predicted molar refractivity (Wildman–Crippen MR) is 87.2 cm³/mol. The molecule has 0 amide bonds. The van der Waals surface area contributed by atoms with E-state index in [0.717, 1.165) is 28.3 Å². The average Bonchev–Trinajstić information content (AvgIpc) is 2.75. The van der Waals surface area contributed by atoms with Crippen LogP contribution in [-0.2, 0) is 0 Å². The van der Waals surface area contributed by atoms with Crippen molar-refractivity contribution in [3.63, 3.8) is 0 Å². The van der Waals surface area contributed by atoms with E-state index in [2.05, 4.69) is 40.2 Å². The molecule has 0 atom stereocenters. The molecule has 0 heterocycles. The highest BCUT2D eigenvalue weighted by Crippen LogP contribution is 2.28. The number of carbonyl (C=O) groups excluding carboxylic acids is 1. The smallest absolute Gasteiger partial charge is 0.165 e. The summed E-state index contributed by atoms with van der Waals surface area (Å²) >= 11 is 3.48. The van der Waals surface area contributed by atoms with Crippen LogP contribution in [0.15, 0.2) is 40.9 Å². The second-order valence-electron chi connectivity index (χ2n) is 5.76. The van der Waals surface area contributed by atoms with Gasteiger partial charge in [-0.25, -0.2) is 0 Å². The summed E-state index contributed by atoms with van der Waals surface area (Å²) in [6, 6.07) is 12.3. The molecule has 104 valence electrons. The first-order valence-electron chi connectivity index (χ1n) is 7.47. The Hall–Kier alpha value is -1.15. The molecule has 0 N–H and O–H groups in total. The molecular weight excluding hydrogens is 312 g/mol. The quantitative estimate of drug-likeness (QED) is 0.505. The number of halogens is 1. The van der Waals surface area contributed by atoms with Crippen LogP contribution in [0.3, 0.4) is 0 Å². The van der Waals surface area contributed by atoms with Crippen LogP contribution < -0.4 is 0 Å². The van der Waals surface area contributed by atoms with Gasteiger partial charge in [-0.2, -0.15) is 0 Å². The van der Waals surface area contributed by atoms with Crippen molar-refractivity contribution < 1.29 is 4.79 Å². The van der Waals surface area contributed by atoms with Crippen LogP contribution in [-0.4, -0.2) is 5.78 Å². The van der Waals surface area contributed by atoms with Crippen LogP contribution in [0.25, 0.3) is 10.8 Å². The third-order valence-corrected chi connectivity index (χ3v) is 4.81. The zero-order valence-corrected chi connectivity index (χ0v) is 13.2. The zero-order chi connectivity index (χ0) is 13.9. The fraction of sp³-hybridized carbons (Fsp3) is 0.389. The Morgan fingerprint density at radius 1 is 0.900 bits per heavy atom. The minimum absolute atomic E-state index is 0.241. The Morgan fingerprint density at radius 2 is 1.55 bits per heavy atom. The molecule has 0 aliphatic heterocycles. The SMILES string of the molecule is O=C(c1ccc2cc(Br)ccc2c1)C1CCCCCC1. The first kappa shape index (κ1) is 13.8. The number of fused-ring (bicyclic) bond motifs is 1. The Balaban J connectivity index is 1.89. The summed E-state index contributed by atoms with van der Waals surface area (Å²) in [6.45, 7) is 0. The second-order valence-corrected chi connectivity index (χ2v) is 6.67. The van der Waals surface area contributed by atoms with Gasteiger partial charge >= 0.3 is 0 Å². The van der Waals surface area contributed by atoms with E-state index in [-0.39, 0.29) is 5.92 Å². The van der Waals surface area contributed by atoms with Gasteiger partial charge in [-0.05, 0) is 41.8 Å². The molecule has 0 saturated heterocycles. The fourth-order valence-corrected chi connectivity index (χ4v) is 3.53. The van der Waals surface area contributed by atoms with Gasteiger partial charge in [-0.1, -0.05) is 59.8 Å². The number of hydrogen-bond donors (Lipinski definition) is 0. The highest BCUT2D eigenvalue weighted by atomic mass is 79.9. The molecule has 3 rings (SSSR count). The van der Waals surface area contributed by atoms with E-state index in [1.165, 1.54) is 31.1 Å². The maximum absolute atomic E-state index is 12.7. The average molecular weight is 331 g/mol. The standard InChI is InChI=1S/C18H19BrO/c19-17-10-9-14-11-16(8-7-15(14)12-17)18(20)13-5-3-1-2-4-6-13/h7-13H,1-6H2. The minimum Gasteiger partial charge on any atom is -0.294 e. The number of rotatable bonds is 2. The Bertz CT molecular complexity index is 624. The van der Waals surface area contributed by atoms with E-state index in [9.17, 15) is 4.79 Å². The molecular formula is C18H19BrO. The maximum Gasteiger partial charge on any atom is 0.165 e. The summed E-state index contributed by atoms with van der Waals surface area (Å²) in [7, 11) is 0. The number of hydrogen-bond acceptors (Lipinski definition) is 1. The second kappa shape index (κ2) is 6.09. The zero-order valence-electron chi connectivity index (χ0n) is 11.6. The van der Waals surface area contributed by atoms with Gasteiger partial charge in [0.05, 0.1) is 0 Å². The van der Waals surface area contributed by atoms with Crippen molar-refractivity contribution >= 4 is 32.5 Å². The highest BCUT2D eigenvalue weighted by Gasteiger charge is 2.21. The van der Waals surface area contributed by atoms with Gasteiger partial charge in [-0.3, -0.25) is 4.79 Å². The van der Waals surface area contributed by atoms with Crippen molar-refractivity contribution in [1.82, 2.24) is 0 Å². The first-order chi connectivity index (χ1) is 9.74. The number of ketones is 1. The topological polar surface area (TPSA) is 17.1 Å². The van der Waals surface area contributed by atoms with Crippen LogP contribution in [0.5, 0.6) is 0 Å². The van der Waals surface area contributed by atoms with Gasteiger partial charge < -0.3 is 0 Å². The number of carbonyl (C=O) groups is 1. The van der Waals surface area contributed by atoms with Crippen molar-refractivity contribution in [3.8, 4) is 0 Å². The van der Waals surface area contributed by atoms with Crippen molar-refractivity contribution in [2.24, 2.45) is 5.92 Å². The predicted octanol–water partition coefficient (Wildman–Crippen LogP) is 5.76. The van der Waals surface area contributed by atoms with Gasteiger partial charge in [-0.15, -0.1) is 0 Å². The molecule has 1 saturated carbocycles. The summed E-state index contributed by atoms with van der Waals surface area (Å²) in [5.41, 5.74) is 0.881. The monoisotopic (exact) mass is 330 g/mol. The molecule has 0 aromatic heterocycles. The molecule has 2 aromatic rings. The van der Waals surface area contributed by atoms with Crippen molar-refractivity contribution in [1.29, 1.82) is 0 Å². The lowest BCUT2D eigenvalue weighted by Crippen LogP contribution is -2.13. The summed E-state index contributed by atoms with van der Waals surface area (Å²) in [6.07, 6.45) is 7.12. The summed E-state index contributed by atoms with van der Waals surface area (Å²) in [5, 5.41) is 2.32. The Morgan fingerprint density at radius 3 is 2.30 bits per heavy atom. The Kier molecular flexibility index (Phi) is 4.21. The number of Topliss-reactive ketones (excluding diaryl/α,β-unsaturated/α-hetero) is 1. The molecule has 2 heteroatoms. The summed E-state index contributed by atoms with van der Waals surface area (Å²) in [5.74, 6) is 0.585. The summed E-state index contributed by atoms with van der Waals surface area (Å²) in [4.78, 5) is 12.7. The normalized spacial score (nSPS) is 17.1. The molecule has 1 nitrogen and oxygen atoms in total. The molecule has 0 bridgehead atoms. The molecule has 20 heavy (non-hydrogen) atoms. The van der Waals surface area contributed by atoms with E-state index in [0.29, 0.717) is 5.78 Å². The molecule has 0 spiro atoms. The molecule has 1 fully saturated rings. The van der Waals surface area contributed by atoms with E-state index in [4.69, 9.17) is 0 Å². The fourth-order valence-electron chi connectivity index (χ4n) is 3.15. The third-order valence-electron chi connectivity index (χ3n) is 4.31. The largest absolute Gasteiger partial charge is 0.294 e. The lowest BCUT2D eigenvalue weighted by atomic mass is 9.90. The van der Waals surface area contributed by atoms with Gasteiger partial charge in [0, 0.05) is 16.0 Å². The molecule has 1 aliphatic carbocycles. The maximum atomic E-state index is 12.7. The van der Waals surface area contributed by atoms with Crippen LogP contribution in [0.2, 0.25) is 0 Å². The lowest BCUT2D eigenvalue weighted by Gasteiger charge is -2.13. The highest BCUT2D eigenvalue weighted by molar-refractivity contribution is 9.10. The van der Waals surface area contributed by atoms with Crippen LogP contribution >= 0.6 is 15.9 Å². The van der Waals surface area contributed by atoms with Gasteiger partial charge in [0.2, 0.25) is 0 Å².